The topological polar surface area (TPSA) is 104 Å². The van der Waals surface area contributed by atoms with E-state index in [9.17, 15) is 0 Å². The summed E-state index contributed by atoms with van der Waals surface area (Å²) in [5.41, 5.74) is 5.30. The minimum Gasteiger partial charge on any atom is -0.396 e. The van der Waals surface area contributed by atoms with Gasteiger partial charge in [0, 0.05) is 20.2 Å². The molecule has 0 radical (unpaired) electrons. The van der Waals surface area contributed by atoms with E-state index in [1.807, 2.05) is 5.48 Å². The Morgan fingerprint density at radius 3 is 2.83 bits per heavy atom. The van der Waals surface area contributed by atoms with Gasteiger partial charge >= 0.3 is 0 Å². The van der Waals surface area contributed by atoms with Gasteiger partial charge in [-0.3, -0.25) is 21.1 Å². The zero-order valence-electron chi connectivity index (χ0n) is 10.3. The van der Waals surface area contributed by atoms with Gasteiger partial charge in [0.25, 0.3) is 0 Å². The molecule has 0 saturated heterocycles. The quantitative estimate of drug-likeness (QED) is 0.209. The summed E-state index contributed by atoms with van der Waals surface area (Å²) in [4.78, 5) is 4.07. The molecular weight excluding hydrogens is 234 g/mol. The second-order valence-electron chi connectivity index (χ2n) is 3.67. The molecule has 0 fully saturated rings. The summed E-state index contributed by atoms with van der Waals surface area (Å²) in [5, 5.41) is 27.2. The molecule has 1 heterocycles. The number of anilines is 1. The van der Waals surface area contributed by atoms with Gasteiger partial charge in [0.1, 0.15) is 11.5 Å². The third-order valence-corrected chi connectivity index (χ3v) is 2.44. The highest BCUT2D eigenvalue weighted by Crippen LogP contribution is 2.06. The number of pyridine rings is 1. The first-order valence-corrected chi connectivity index (χ1v) is 5.74. The molecule has 100 valence electrons. The number of hydrazine groups is 1. The molecule has 0 spiro atoms. The van der Waals surface area contributed by atoms with E-state index < -0.39 is 0 Å². The van der Waals surface area contributed by atoms with Crippen LogP contribution in [-0.2, 0) is 0 Å². The van der Waals surface area contributed by atoms with Crippen LogP contribution in [0, 0.1) is 5.41 Å². The Kier molecular flexibility index (Phi) is 6.06. The average Bonchev–Trinajstić information content (AvgIpc) is 2.43. The van der Waals surface area contributed by atoms with Gasteiger partial charge < -0.3 is 5.11 Å². The van der Waals surface area contributed by atoms with Crippen LogP contribution in [0.4, 0.5) is 5.82 Å². The maximum absolute atomic E-state index is 8.77. The average molecular weight is 253 g/mol. The number of nitrogens with zero attached hydrogens (tertiary/aromatic N) is 2. The molecule has 7 nitrogen and oxygen atoms in total. The van der Waals surface area contributed by atoms with E-state index in [2.05, 4.69) is 10.4 Å². The highest BCUT2D eigenvalue weighted by Gasteiger charge is 2.11. The lowest BCUT2D eigenvalue weighted by molar-refractivity contribution is 0.264. The summed E-state index contributed by atoms with van der Waals surface area (Å²) in [7, 11) is 1.72. The third-order valence-electron chi connectivity index (χ3n) is 2.44. The molecule has 0 amide bonds. The van der Waals surface area contributed by atoms with Crippen LogP contribution in [0.25, 0.3) is 0 Å². The van der Waals surface area contributed by atoms with Crippen LogP contribution in [0.15, 0.2) is 18.2 Å². The lowest BCUT2D eigenvalue weighted by Crippen LogP contribution is -2.41. The van der Waals surface area contributed by atoms with E-state index in [4.69, 9.17) is 15.7 Å². The predicted molar refractivity (Wildman–Crippen MR) is 68.6 cm³/mol. The lowest BCUT2D eigenvalue weighted by atomic mass is 10.3. The van der Waals surface area contributed by atoms with Crippen LogP contribution in [-0.4, -0.2) is 46.3 Å². The second kappa shape index (κ2) is 7.59. The second-order valence-corrected chi connectivity index (χ2v) is 3.67. The molecule has 1 aromatic rings. The van der Waals surface area contributed by atoms with Gasteiger partial charge in [-0.2, -0.15) is 0 Å². The largest absolute Gasteiger partial charge is 0.396 e. The van der Waals surface area contributed by atoms with Crippen molar-refractivity contribution in [2.75, 3.05) is 25.7 Å². The van der Waals surface area contributed by atoms with Crippen molar-refractivity contribution < 1.29 is 10.3 Å². The van der Waals surface area contributed by atoms with Crippen molar-refractivity contribution >= 4 is 11.7 Å². The van der Waals surface area contributed by atoms with Crippen molar-refractivity contribution in [3.8, 4) is 0 Å². The summed E-state index contributed by atoms with van der Waals surface area (Å²) in [6, 6.07) is 5.00. The first-order chi connectivity index (χ1) is 8.72. The van der Waals surface area contributed by atoms with Crippen LogP contribution < -0.4 is 10.9 Å². The van der Waals surface area contributed by atoms with E-state index in [1.165, 1.54) is 0 Å². The molecule has 5 N–H and O–H groups in total. The normalized spacial score (nSPS) is 10.2. The van der Waals surface area contributed by atoms with Crippen LogP contribution in [0.5, 0.6) is 0 Å². The Hall–Kier alpha value is -1.70. The fourth-order valence-corrected chi connectivity index (χ4v) is 1.48. The smallest absolute Gasteiger partial charge is 0.161 e. The van der Waals surface area contributed by atoms with Gasteiger partial charge in [0.05, 0.1) is 0 Å². The Morgan fingerprint density at radius 1 is 1.44 bits per heavy atom. The highest BCUT2D eigenvalue weighted by molar-refractivity contribution is 5.94. The highest BCUT2D eigenvalue weighted by atomic mass is 16.5. The van der Waals surface area contributed by atoms with E-state index in [0.717, 1.165) is 6.42 Å². The minimum absolute atomic E-state index is 0.146. The van der Waals surface area contributed by atoms with Gasteiger partial charge in [-0.05, 0) is 25.0 Å². The van der Waals surface area contributed by atoms with Gasteiger partial charge in [-0.25, -0.2) is 10.4 Å². The Balaban J connectivity index is 2.69. The van der Waals surface area contributed by atoms with Gasteiger partial charge in [-0.15, -0.1) is 0 Å². The number of nitrogens with one attached hydrogen (secondary N) is 3. The summed E-state index contributed by atoms with van der Waals surface area (Å²) >= 11 is 0. The maximum Gasteiger partial charge on any atom is 0.161 e. The van der Waals surface area contributed by atoms with E-state index >= 15 is 0 Å². The van der Waals surface area contributed by atoms with Crippen molar-refractivity contribution in [2.45, 2.75) is 12.8 Å². The number of hydrogen-bond donors (Lipinski definition) is 5. The Morgan fingerprint density at radius 2 is 2.22 bits per heavy atom. The maximum atomic E-state index is 8.77. The first-order valence-electron chi connectivity index (χ1n) is 5.74. The van der Waals surface area contributed by atoms with Crippen LogP contribution >= 0.6 is 0 Å². The van der Waals surface area contributed by atoms with Crippen molar-refractivity contribution in [3.63, 3.8) is 0 Å². The molecule has 0 aliphatic carbocycles. The van der Waals surface area contributed by atoms with E-state index in [-0.39, 0.29) is 12.4 Å². The molecule has 1 aromatic heterocycles. The summed E-state index contributed by atoms with van der Waals surface area (Å²) in [6.07, 6.45) is 1.47. The fraction of sp³-hybridized carbons (Fsp3) is 0.455. The number of aromatic nitrogens is 1. The van der Waals surface area contributed by atoms with E-state index in [0.29, 0.717) is 24.5 Å². The van der Waals surface area contributed by atoms with Crippen molar-refractivity contribution in [3.05, 3.63) is 23.9 Å². The van der Waals surface area contributed by atoms with Crippen LogP contribution in [0.3, 0.4) is 0 Å². The molecule has 0 aliphatic heterocycles. The minimum atomic E-state index is 0.146. The zero-order valence-corrected chi connectivity index (χ0v) is 10.3. The number of aliphatic hydroxyl groups is 1. The van der Waals surface area contributed by atoms with Crippen LogP contribution in [0.1, 0.15) is 18.5 Å². The lowest BCUT2D eigenvalue weighted by Gasteiger charge is -2.23. The Labute approximate surface area is 106 Å². The summed E-state index contributed by atoms with van der Waals surface area (Å²) in [5.74, 6) is 0.510. The van der Waals surface area contributed by atoms with Crippen LogP contribution in [0.2, 0.25) is 0 Å². The molecule has 0 unspecified atom stereocenters. The van der Waals surface area contributed by atoms with Gasteiger partial charge in [0.2, 0.25) is 0 Å². The SMILES string of the molecule is CNN(CCCCO)C(=N)c1cccc(NO)n1. The number of unbranched alkanes of at least 4 members (excludes halogenated alkanes) is 1. The van der Waals surface area contributed by atoms with E-state index in [1.54, 1.807) is 30.3 Å². The molecule has 7 heteroatoms. The molecule has 0 aliphatic rings. The standard InChI is InChI=1S/C11H19N5O2/c1-13-16(7-2-3-8-17)11(12)9-5-4-6-10(14-9)15-18/h4-6,12-13,17-18H,2-3,7-8H2,1H3,(H,14,15). The fourth-order valence-electron chi connectivity index (χ4n) is 1.48. The van der Waals surface area contributed by atoms with Crippen molar-refractivity contribution in [1.82, 2.24) is 15.4 Å². The number of hydrogen-bond acceptors (Lipinski definition) is 6. The molecular formula is C11H19N5O2. The predicted octanol–water partition coefficient (Wildman–Crippen LogP) is 0.417. The monoisotopic (exact) mass is 253 g/mol. The van der Waals surface area contributed by atoms with Crippen molar-refractivity contribution in [1.29, 1.82) is 5.41 Å². The van der Waals surface area contributed by atoms with Gasteiger partial charge in [0.15, 0.2) is 5.84 Å². The molecule has 0 atom stereocenters. The third kappa shape index (κ3) is 3.95. The molecule has 1 rings (SSSR count). The molecule has 0 bridgehead atoms. The molecule has 18 heavy (non-hydrogen) atoms. The van der Waals surface area contributed by atoms with Gasteiger partial charge in [-0.1, -0.05) is 6.07 Å². The summed E-state index contributed by atoms with van der Waals surface area (Å²) in [6.45, 7) is 0.751. The van der Waals surface area contributed by atoms with Crippen molar-refractivity contribution in [2.24, 2.45) is 0 Å². The Bertz CT molecular complexity index is 385. The number of aliphatic hydroxyl groups excluding tert-OH is 1. The number of amidine groups is 1. The summed E-state index contributed by atoms with van der Waals surface area (Å²) < 4.78 is 0. The first kappa shape index (κ1) is 14.4. The molecule has 0 saturated carbocycles. The molecule has 0 aromatic carbocycles. The number of rotatable bonds is 7. The zero-order chi connectivity index (χ0) is 13.4.